The first-order valence-corrected chi connectivity index (χ1v) is 12.2. The van der Waals surface area contributed by atoms with Gasteiger partial charge in [-0.15, -0.1) is 0 Å². The van der Waals surface area contributed by atoms with Gasteiger partial charge in [0.15, 0.2) is 0 Å². The van der Waals surface area contributed by atoms with Gasteiger partial charge in [-0.3, -0.25) is 14.7 Å². The van der Waals surface area contributed by atoms with E-state index >= 15 is 0 Å². The van der Waals surface area contributed by atoms with Crippen LogP contribution >= 0.6 is 0 Å². The zero-order chi connectivity index (χ0) is 24.2. The SMILES string of the molecule is CCCOc1ccccc1-c1cc(C(=O)N2C[C@@H]3OCC(=O)N(CCc4ccccc4)[C@H]3C2)[nH]n1. The van der Waals surface area contributed by atoms with Crippen LogP contribution < -0.4 is 4.74 Å². The molecule has 2 aromatic carbocycles. The molecular weight excluding hydrogens is 444 g/mol. The Morgan fingerprint density at radius 2 is 1.94 bits per heavy atom. The number of fused-ring (bicyclic) bond motifs is 1. The quantitative estimate of drug-likeness (QED) is 0.542. The topological polar surface area (TPSA) is 87.8 Å². The average Bonchev–Trinajstić information content (AvgIpc) is 3.55. The fraction of sp³-hybridized carbons (Fsp3) is 0.370. The Morgan fingerprint density at radius 3 is 2.77 bits per heavy atom. The summed E-state index contributed by atoms with van der Waals surface area (Å²) in [6.45, 7) is 4.22. The van der Waals surface area contributed by atoms with E-state index in [9.17, 15) is 9.59 Å². The van der Waals surface area contributed by atoms with Crippen LogP contribution in [0.3, 0.4) is 0 Å². The van der Waals surface area contributed by atoms with Crippen LogP contribution in [0.4, 0.5) is 0 Å². The van der Waals surface area contributed by atoms with Crippen LogP contribution in [0.5, 0.6) is 5.75 Å². The van der Waals surface area contributed by atoms with Gasteiger partial charge in [0.25, 0.3) is 5.91 Å². The van der Waals surface area contributed by atoms with Crippen molar-refractivity contribution in [3.05, 3.63) is 71.9 Å². The maximum absolute atomic E-state index is 13.3. The molecule has 3 heterocycles. The number of H-pyrrole nitrogens is 1. The summed E-state index contributed by atoms with van der Waals surface area (Å²) in [5.74, 6) is 0.571. The van der Waals surface area contributed by atoms with Crippen molar-refractivity contribution in [2.45, 2.75) is 31.9 Å². The summed E-state index contributed by atoms with van der Waals surface area (Å²) in [6.07, 6.45) is 1.49. The van der Waals surface area contributed by atoms with Crippen molar-refractivity contribution in [1.82, 2.24) is 20.0 Å². The molecule has 35 heavy (non-hydrogen) atoms. The maximum Gasteiger partial charge on any atom is 0.272 e. The zero-order valence-corrected chi connectivity index (χ0v) is 19.9. The second-order valence-corrected chi connectivity index (χ2v) is 8.96. The molecule has 2 saturated heterocycles. The lowest BCUT2D eigenvalue weighted by atomic mass is 10.1. The summed E-state index contributed by atoms with van der Waals surface area (Å²) in [6, 6.07) is 19.4. The van der Waals surface area contributed by atoms with Gasteiger partial charge in [0.2, 0.25) is 5.91 Å². The largest absolute Gasteiger partial charge is 0.493 e. The summed E-state index contributed by atoms with van der Waals surface area (Å²) in [7, 11) is 0. The number of hydrogen-bond donors (Lipinski definition) is 1. The Morgan fingerprint density at radius 1 is 1.14 bits per heavy atom. The molecule has 0 spiro atoms. The van der Waals surface area contributed by atoms with E-state index in [0.717, 1.165) is 24.2 Å². The third-order valence-corrected chi connectivity index (χ3v) is 6.58. The number of para-hydroxylation sites is 1. The summed E-state index contributed by atoms with van der Waals surface area (Å²) in [5.41, 5.74) is 3.09. The van der Waals surface area contributed by atoms with E-state index in [1.54, 1.807) is 11.0 Å². The van der Waals surface area contributed by atoms with E-state index in [1.165, 1.54) is 5.56 Å². The van der Waals surface area contributed by atoms with E-state index in [0.29, 0.717) is 37.6 Å². The number of nitrogens with one attached hydrogen (secondary N) is 1. The molecule has 2 aliphatic heterocycles. The number of aromatic amines is 1. The van der Waals surface area contributed by atoms with Crippen molar-refractivity contribution < 1.29 is 19.1 Å². The molecule has 1 aromatic heterocycles. The second-order valence-electron chi connectivity index (χ2n) is 8.96. The molecule has 0 radical (unpaired) electrons. The molecular formula is C27H30N4O4. The molecule has 182 valence electrons. The lowest BCUT2D eigenvalue weighted by Gasteiger charge is -2.36. The van der Waals surface area contributed by atoms with Gasteiger partial charge in [-0.25, -0.2) is 0 Å². The van der Waals surface area contributed by atoms with Gasteiger partial charge < -0.3 is 19.3 Å². The molecule has 5 rings (SSSR count). The van der Waals surface area contributed by atoms with Gasteiger partial charge in [0.05, 0.1) is 24.4 Å². The number of likely N-dealkylation sites (tertiary alicyclic amines) is 1. The molecule has 0 unspecified atom stereocenters. The van der Waals surface area contributed by atoms with E-state index in [-0.39, 0.29) is 30.6 Å². The normalized spacial score (nSPS) is 19.6. The molecule has 2 fully saturated rings. The number of benzene rings is 2. The molecule has 2 amide bonds. The van der Waals surface area contributed by atoms with Gasteiger partial charge in [0.1, 0.15) is 18.1 Å². The lowest BCUT2D eigenvalue weighted by molar-refractivity contribution is -0.152. The highest BCUT2D eigenvalue weighted by Gasteiger charge is 2.44. The number of rotatable bonds is 8. The first kappa shape index (κ1) is 23.1. The highest BCUT2D eigenvalue weighted by Crippen LogP contribution is 2.30. The fourth-order valence-electron chi connectivity index (χ4n) is 4.77. The first-order valence-electron chi connectivity index (χ1n) is 12.2. The summed E-state index contributed by atoms with van der Waals surface area (Å²) in [4.78, 5) is 29.6. The monoisotopic (exact) mass is 474 g/mol. The van der Waals surface area contributed by atoms with E-state index in [2.05, 4.69) is 29.3 Å². The highest BCUT2D eigenvalue weighted by molar-refractivity contribution is 5.94. The Bertz CT molecular complexity index is 1180. The minimum Gasteiger partial charge on any atom is -0.493 e. The molecule has 8 nitrogen and oxygen atoms in total. The molecule has 2 aliphatic rings. The number of morpholine rings is 1. The van der Waals surface area contributed by atoms with Crippen LogP contribution in [-0.2, 0) is 16.0 Å². The molecule has 0 bridgehead atoms. The summed E-state index contributed by atoms with van der Waals surface area (Å²) >= 11 is 0. The Hall–Kier alpha value is -3.65. The van der Waals surface area contributed by atoms with Gasteiger partial charge >= 0.3 is 0 Å². The number of ether oxygens (including phenoxy) is 2. The molecule has 3 aromatic rings. The minimum atomic E-state index is -0.182. The van der Waals surface area contributed by atoms with Crippen molar-refractivity contribution in [3.8, 4) is 17.0 Å². The number of amides is 2. The van der Waals surface area contributed by atoms with Gasteiger partial charge in [-0.1, -0.05) is 49.4 Å². The minimum absolute atomic E-state index is 0.0241. The standard InChI is InChI=1S/C27H30N4O4/c1-2-14-34-24-11-7-6-10-20(24)21-15-22(29-28-21)27(33)30-16-23-25(17-30)35-18-26(32)31(23)13-12-19-8-4-3-5-9-19/h3-11,15,23,25H,2,12-14,16-18H2,1H3,(H,28,29)/t23-,25-/m0/s1. The number of carbonyl (C=O) groups is 2. The molecule has 0 aliphatic carbocycles. The van der Waals surface area contributed by atoms with Crippen LogP contribution in [-0.4, -0.2) is 76.8 Å². The number of carbonyl (C=O) groups excluding carboxylic acids is 2. The first-order chi connectivity index (χ1) is 17.1. The Labute approximate surface area is 204 Å². The molecule has 1 N–H and O–H groups in total. The van der Waals surface area contributed by atoms with Crippen LogP contribution in [0.25, 0.3) is 11.3 Å². The van der Waals surface area contributed by atoms with E-state index < -0.39 is 0 Å². The molecule has 0 saturated carbocycles. The predicted molar refractivity (Wildman–Crippen MR) is 131 cm³/mol. The molecule has 2 atom stereocenters. The third kappa shape index (κ3) is 4.93. The van der Waals surface area contributed by atoms with E-state index in [1.807, 2.05) is 47.4 Å². The maximum atomic E-state index is 13.3. The van der Waals surface area contributed by atoms with Crippen molar-refractivity contribution in [2.24, 2.45) is 0 Å². The van der Waals surface area contributed by atoms with E-state index in [4.69, 9.17) is 9.47 Å². The fourth-order valence-corrected chi connectivity index (χ4v) is 4.77. The van der Waals surface area contributed by atoms with Crippen LogP contribution in [0.15, 0.2) is 60.7 Å². The second kappa shape index (κ2) is 10.3. The van der Waals surface area contributed by atoms with Gasteiger partial charge in [0, 0.05) is 25.2 Å². The summed E-state index contributed by atoms with van der Waals surface area (Å²) in [5, 5.41) is 7.27. The number of hydrogen-bond acceptors (Lipinski definition) is 5. The number of nitrogens with zero attached hydrogens (tertiary/aromatic N) is 3. The third-order valence-electron chi connectivity index (χ3n) is 6.58. The Balaban J connectivity index is 1.28. The van der Waals surface area contributed by atoms with Crippen molar-refractivity contribution >= 4 is 11.8 Å². The Kier molecular flexibility index (Phi) is 6.81. The van der Waals surface area contributed by atoms with Gasteiger partial charge in [-0.2, -0.15) is 5.10 Å². The zero-order valence-electron chi connectivity index (χ0n) is 19.9. The number of aromatic nitrogens is 2. The van der Waals surface area contributed by atoms with Crippen LogP contribution in [0, 0.1) is 0 Å². The smallest absolute Gasteiger partial charge is 0.272 e. The molecule has 8 heteroatoms. The van der Waals surface area contributed by atoms with Gasteiger partial charge in [-0.05, 0) is 36.6 Å². The van der Waals surface area contributed by atoms with Crippen LogP contribution in [0.1, 0.15) is 29.4 Å². The van der Waals surface area contributed by atoms with Crippen molar-refractivity contribution in [1.29, 1.82) is 0 Å². The van der Waals surface area contributed by atoms with Crippen molar-refractivity contribution in [2.75, 3.05) is 32.8 Å². The highest BCUT2D eigenvalue weighted by atomic mass is 16.5. The van der Waals surface area contributed by atoms with Crippen LogP contribution in [0.2, 0.25) is 0 Å². The predicted octanol–water partition coefficient (Wildman–Crippen LogP) is 3.16. The summed E-state index contributed by atoms with van der Waals surface area (Å²) < 4.78 is 11.7. The van der Waals surface area contributed by atoms with Crippen molar-refractivity contribution in [3.63, 3.8) is 0 Å². The average molecular weight is 475 g/mol. The lowest BCUT2D eigenvalue weighted by Crippen LogP contribution is -2.54.